The first-order valence-electron chi connectivity index (χ1n) is 10.3. The fourth-order valence-electron chi connectivity index (χ4n) is 6.65. The normalized spacial score (nSPS) is 34.0. The van der Waals surface area contributed by atoms with E-state index in [1.165, 1.54) is 19.3 Å². The van der Waals surface area contributed by atoms with E-state index in [-0.39, 0.29) is 16.8 Å². The molecule has 0 radical (unpaired) electrons. The Hall–Kier alpha value is -2.10. The number of benzene rings is 1. The molecule has 4 aliphatic rings. The van der Waals surface area contributed by atoms with Crippen LogP contribution in [0, 0.1) is 29.6 Å². The van der Waals surface area contributed by atoms with E-state index in [0.717, 1.165) is 37.1 Å². The SMILES string of the molecule is Cc1ccn(CC23CC4CC(C2)CC(C(=O)OCc2ccccc2)(C4)C3)n1. The molecule has 0 aliphatic heterocycles. The lowest BCUT2D eigenvalue weighted by atomic mass is 9.44. The van der Waals surface area contributed by atoms with Gasteiger partial charge in [0.15, 0.2) is 0 Å². The van der Waals surface area contributed by atoms with Gasteiger partial charge < -0.3 is 4.74 Å². The van der Waals surface area contributed by atoms with Crippen LogP contribution in [-0.4, -0.2) is 15.7 Å². The van der Waals surface area contributed by atoms with Crippen LogP contribution in [0.25, 0.3) is 0 Å². The van der Waals surface area contributed by atoms with Crippen LogP contribution in [-0.2, 0) is 22.7 Å². The van der Waals surface area contributed by atoms with E-state index in [1.54, 1.807) is 0 Å². The minimum Gasteiger partial charge on any atom is -0.460 e. The quantitative estimate of drug-likeness (QED) is 0.733. The molecule has 2 atom stereocenters. The summed E-state index contributed by atoms with van der Waals surface area (Å²) in [6.07, 6.45) is 8.90. The molecule has 4 heteroatoms. The van der Waals surface area contributed by atoms with Gasteiger partial charge in [0.1, 0.15) is 6.61 Å². The molecule has 1 heterocycles. The highest BCUT2D eigenvalue weighted by Crippen LogP contribution is 2.66. The molecule has 27 heavy (non-hydrogen) atoms. The number of rotatable bonds is 5. The number of hydrogen-bond acceptors (Lipinski definition) is 3. The molecule has 142 valence electrons. The fraction of sp³-hybridized carbons (Fsp3) is 0.565. The van der Waals surface area contributed by atoms with Crippen molar-refractivity contribution < 1.29 is 9.53 Å². The molecule has 4 nitrogen and oxygen atoms in total. The maximum Gasteiger partial charge on any atom is 0.312 e. The lowest BCUT2D eigenvalue weighted by Gasteiger charge is -2.60. The summed E-state index contributed by atoms with van der Waals surface area (Å²) in [4.78, 5) is 13.2. The topological polar surface area (TPSA) is 44.1 Å². The van der Waals surface area contributed by atoms with Crippen molar-refractivity contribution in [3.8, 4) is 0 Å². The highest BCUT2D eigenvalue weighted by atomic mass is 16.5. The van der Waals surface area contributed by atoms with Gasteiger partial charge in [-0.25, -0.2) is 0 Å². The van der Waals surface area contributed by atoms with E-state index in [1.807, 2.05) is 37.3 Å². The van der Waals surface area contributed by atoms with Crippen LogP contribution >= 0.6 is 0 Å². The van der Waals surface area contributed by atoms with E-state index in [2.05, 4.69) is 22.0 Å². The molecule has 1 aromatic heterocycles. The van der Waals surface area contributed by atoms with Crippen molar-refractivity contribution >= 4 is 5.97 Å². The van der Waals surface area contributed by atoms with Gasteiger partial charge in [0.2, 0.25) is 0 Å². The number of carbonyl (C=O) groups excluding carboxylic acids is 1. The Labute approximate surface area is 160 Å². The Bertz CT molecular complexity index is 827. The van der Waals surface area contributed by atoms with Crippen molar-refractivity contribution in [2.45, 2.75) is 58.6 Å². The van der Waals surface area contributed by atoms with Gasteiger partial charge in [0, 0.05) is 12.7 Å². The van der Waals surface area contributed by atoms with Crippen molar-refractivity contribution in [2.75, 3.05) is 0 Å². The molecule has 6 rings (SSSR count). The summed E-state index contributed by atoms with van der Waals surface area (Å²) in [5.41, 5.74) is 2.09. The summed E-state index contributed by atoms with van der Waals surface area (Å²) in [6, 6.07) is 12.1. The summed E-state index contributed by atoms with van der Waals surface area (Å²) in [6.45, 7) is 3.38. The van der Waals surface area contributed by atoms with Gasteiger partial charge in [-0.15, -0.1) is 0 Å². The van der Waals surface area contributed by atoms with Crippen LogP contribution in [0.1, 0.15) is 49.8 Å². The average molecular weight is 364 g/mol. The molecule has 2 aromatic rings. The Balaban J connectivity index is 1.35. The first-order valence-corrected chi connectivity index (χ1v) is 10.3. The summed E-state index contributed by atoms with van der Waals surface area (Å²) in [7, 11) is 0. The van der Waals surface area contributed by atoms with Crippen molar-refractivity contribution in [3.05, 3.63) is 53.9 Å². The first-order chi connectivity index (χ1) is 13.0. The number of esters is 1. The Morgan fingerprint density at radius 1 is 1.15 bits per heavy atom. The summed E-state index contributed by atoms with van der Waals surface area (Å²) in [5, 5.41) is 4.63. The smallest absolute Gasteiger partial charge is 0.312 e. The number of aromatic nitrogens is 2. The van der Waals surface area contributed by atoms with Crippen molar-refractivity contribution in [2.24, 2.45) is 22.7 Å². The largest absolute Gasteiger partial charge is 0.460 e. The molecule has 4 aliphatic carbocycles. The molecule has 4 saturated carbocycles. The number of aryl methyl sites for hydroxylation is 1. The second-order valence-electron chi connectivity index (χ2n) is 9.46. The van der Waals surface area contributed by atoms with Gasteiger partial charge in [-0.1, -0.05) is 30.3 Å². The predicted molar refractivity (Wildman–Crippen MR) is 103 cm³/mol. The van der Waals surface area contributed by atoms with E-state index < -0.39 is 0 Å². The first kappa shape index (κ1) is 17.0. The molecule has 0 N–H and O–H groups in total. The highest BCUT2D eigenvalue weighted by molar-refractivity contribution is 5.77. The zero-order chi connectivity index (χ0) is 18.5. The van der Waals surface area contributed by atoms with Gasteiger partial charge in [0.05, 0.1) is 11.1 Å². The number of ether oxygens (including phenoxy) is 1. The van der Waals surface area contributed by atoms with E-state index in [0.29, 0.717) is 18.4 Å². The standard InChI is InChI=1S/C23H28N2O2/c1-17-7-8-25(24-17)16-22-10-19-9-20(11-22)13-23(12-19,15-22)21(26)27-14-18-5-3-2-4-6-18/h2-8,19-20H,9-16H2,1H3. The number of nitrogens with zero attached hydrogens (tertiary/aromatic N) is 2. The van der Waals surface area contributed by atoms with Gasteiger partial charge in [0.25, 0.3) is 0 Å². The second kappa shape index (κ2) is 6.22. The Morgan fingerprint density at radius 3 is 2.56 bits per heavy atom. The molecule has 0 saturated heterocycles. The fourth-order valence-corrected chi connectivity index (χ4v) is 6.65. The maximum atomic E-state index is 13.2. The van der Waals surface area contributed by atoms with Crippen molar-refractivity contribution in [1.82, 2.24) is 9.78 Å². The highest BCUT2D eigenvalue weighted by Gasteiger charge is 2.61. The zero-order valence-electron chi connectivity index (χ0n) is 16.1. The van der Waals surface area contributed by atoms with Crippen LogP contribution in [0.15, 0.2) is 42.6 Å². The van der Waals surface area contributed by atoms with Crippen molar-refractivity contribution in [3.63, 3.8) is 0 Å². The van der Waals surface area contributed by atoms with Crippen LogP contribution in [0.2, 0.25) is 0 Å². The second-order valence-corrected chi connectivity index (χ2v) is 9.46. The minimum atomic E-state index is -0.263. The van der Waals surface area contributed by atoms with E-state index >= 15 is 0 Å². The molecule has 1 aromatic carbocycles. The molecule has 0 amide bonds. The molecule has 4 bridgehead atoms. The molecule has 2 unspecified atom stereocenters. The zero-order valence-corrected chi connectivity index (χ0v) is 16.1. The summed E-state index contributed by atoms with van der Waals surface area (Å²) in [5.74, 6) is 1.39. The third-order valence-electron chi connectivity index (χ3n) is 7.10. The van der Waals surface area contributed by atoms with Crippen LogP contribution in [0.4, 0.5) is 0 Å². The Kier molecular flexibility index (Phi) is 3.92. The van der Waals surface area contributed by atoms with Crippen LogP contribution < -0.4 is 0 Å². The Morgan fingerprint density at radius 2 is 1.89 bits per heavy atom. The van der Waals surface area contributed by atoms with E-state index in [4.69, 9.17) is 4.74 Å². The molecular formula is C23H28N2O2. The third-order valence-corrected chi connectivity index (χ3v) is 7.10. The lowest BCUT2D eigenvalue weighted by Crippen LogP contribution is -2.56. The molecular weight excluding hydrogens is 336 g/mol. The maximum absolute atomic E-state index is 13.2. The van der Waals surface area contributed by atoms with Gasteiger partial charge >= 0.3 is 5.97 Å². The predicted octanol–water partition coefficient (Wildman–Crippen LogP) is 4.52. The summed E-state index contributed by atoms with van der Waals surface area (Å²) >= 11 is 0. The van der Waals surface area contributed by atoms with Crippen molar-refractivity contribution in [1.29, 1.82) is 0 Å². The lowest BCUT2D eigenvalue weighted by molar-refractivity contribution is -0.184. The average Bonchev–Trinajstić information content (AvgIpc) is 3.03. The van der Waals surface area contributed by atoms with Gasteiger partial charge in [-0.05, 0) is 74.3 Å². The number of hydrogen-bond donors (Lipinski definition) is 0. The minimum absolute atomic E-state index is 0.0430. The number of carbonyl (C=O) groups is 1. The molecule has 4 fully saturated rings. The van der Waals surface area contributed by atoms with E-state index in [9.17, 15) is 4.79 Å². The monoisotopic (exact) mass is 364 g/mol. The third kappa shape index (κ3) is 3.09. The summed E-state index contributed by atoms with van der Waals surface area (Å²) < 4.78 is 7.95. The van der Waals surface area contributed by atoms with Crippen LogP contribution in [0.3, 0.4) is 0 Å². The van der Waals surface area contributed by atoms with Crippen LogP contribution in [0.5, 0.6) is 0 Å². The van der Waals surface area contributed by atoms with Gasteiger partial charge in [-0.2, -0.15) is 5.10 Å². The van der Waals surface area contributed by atoms with Gasteiger partial charge in [-0.3, -0.25) is 9.48 Å². The molecule has 0 spiro atoms.